The minimum Gasteiger partial charge on any atom is -0.378 e. The van der Waals surface area contributed by atoms with Gasteiger partial charge in [-0.05, 0) is 48.2 Å². The predicted molar refractivity (Wildman–Crippen MR) is 110 cm³/mol. The summed E-state index contributed by atoms with van der Waals surface area (Å²) < 4.78 is 0. The van der Waals surface area contributed by atoms with E-state index in [1.807, 2.05) is 0 Å². The van der Waals surface area contributed by atoms with Gasteiger partial charge in [0, 0.05) is 57.8 Å². The summed E-state index contributed by atoms with van der Waals surface area (Å²) in [4.78, 5) is 16.9. The van der Waals surface area contributed by atoms with E-state index in [4.69, 9.17) is 0 Å². The summed E-state index contributed by atoms with van der Waals surface area (Å²) in [5.74, 6) is 0.670. The first-order valence-electron chi connectivity index (χ1n) is 9.54. The molecule has 0 spiro atoms. The zero-order chi connectivity index (χ0) is 18.7. The molecule has 3 nitrogen and oxygen atoms in total. The number of hydrogen-bond donors (Lipinski definition) is 0. The highest BCUT2D eigenvalue weighted by Gasteiger charge is 2.32. The lowest BCUT2D eigenvalue weighted by Gasteiger charge is -2.30. The number of benzene rings is 2. The van der Waals surface area contributed by atoms with E-state index in [9.17, 15) is 4.79 Å². The Bertz CT molecular complexity index is 680. The van der Waals surface area contributed by atoms with Gasteiger partial charge >= 0.3 is 0 Å². The molecule has 0 aliphatic heterocycles. The molecule has 0 bridgehead atoms. The number of ketones is 1. The number of carbonyl (C=O) groups is 1. The second kappa shape index (κ2) is 7.94. The van der Waals surface area contributed by atoms with Crippen molar-refractivity contribution < 1.29 is 4.79 Å². The van der Waals surface area contributed by atoms with Crippen molar-refractivity contribution in [3.8, 4) is 0 Å². The van der Waals surface area contributed by atoms with Gasteiger partial charge in [-0.2, -0.15) is 0 Å². The maximum absolute atomic E-state index is 12.7. The number of hydrogen-bond acceptors (Lipinski definition) is 3. The first-order valence-corrected chi connectivity index (χ1v) is 9.54. The zero-order valence-electron chi connectivity index (χ0n) is 16.4. The average molecular weight is 351 g/mol. The van der Waals surface area contributed by atoms with Gasteiger partial charge in [0.15, 0.2) is 0 Å². The summed E-state index contributed by atoms with van der Waals surface area (Å²) in [6, 6.07) is 17.4. The lowest BCUT2D eigenvalue weighted by Crippen LogP contribution is -2.26. The van der Waals surface area contributed by atoms with Crippen LogP contribution in [-0.2, 0) is 4.79 Å². The van der Waals surface area contributed by atoms with Crippen molar-refractivity contribution in [3.05, 3.63) is 59.7 Å². The third-order valence-electron chi connectivity index (χ3n) is 5.54. The molecule has 0 amide bonds. The quantitative estimate of drug-likeness (QED) is 0.780. The summed E-state index contributed by atoms with van der Waals surface area (Å²) in [6.07, 6.45) is 3.92. The van der Waals surface area contributed by atoms with Crippen molar-refractivity contribution in [1.82, 2.24) is 0 Å². The molecular weight excluding hydrogens is 320 g/mol. The largest absolute Gasteiger partial charge is 0.378 e. The second-order valence-corrected chi connectivity index (χ2v) is 7.77. The molecule has 138 valence electrons. The summed E-state index contributed by atoms with van der Waals surface area (Å²) >= 11 is 0. The van der Waals surface area contributed by atoms with Crippen molar-refractivity contribution in [2.24, 2.45) is 5.92 Å². The minimum absolute atomic E-state index is 0.0964. The maximum Gasteiger partial charge on any atom is 0.136 e. The van der Waals surface area contributed by atoms with Crippen molar-refractivity contribution in [2.45, 2.75) is 31.6 Å². The molecule has 0 heterocycles. The lowest BCUT2D eigenvalue weighted by molar-refractivity contribution is -0.125. The Morgan fingerprint density at radius 2 is 1.23 bits per heavy atom. The van der Waals surface area contributed by atoms with E-state index >= 15 is 0 Å². The molecule has 3 heteroatoms. The van der Waals surface area contributed by atoms with Crippen LogP contribution in [0.15, 0.2) is 48.5 Å². The van der Waals surface area contributed by atoms with Gasteiger partial charge in [0.05, 0.1) is 0 Å². The average Bonchev–Trinajstić information content (AvgIpc) is 2.64. The number of Topliss-reactive ketones (excluding diaryl/α,β-unsaturated/α-hetero) is 1. The van der Waals surface area contributed by atoms with Gasteiger partial charge in [0.25, 0.3) is 0 Å². The van der Waals surface area contributed by atoms with Gasteiger partial charge in [-0.3, -0.25) is 4.79 Å². The van der Waals surface area contributed by atoms with Crippen LogP contribution in [0.25, 0.3) is 0 Å². The molecule has 0 aromatic heterocycles. The highest BCUT2D eigenvalue weighted by Crippen LogP contribution is 2.39. The SMILES string of the molecule is CN(C)c1ccc(C(c2ccc(N(C)C)cc2)[C@@H]2CCCCC2=O)cc1. The van der Waals surface area contributed by atoms with Crippen LogP contribution in [-0.4, -0.2) is 34.0 Å². The number of anilines is 2. The molecule has 3 rings (SSSR count). The predicted octanol–water partition coefficient (Wildman–Crippen LogP) is 4.71. The third kappa shape index (κ3) is 3.92. The number of carbonyl (C=O) groups excluding carboxylic acids is 1. The van der Waals surface area contributed by atoms with E-state index in [1.165, 1.54) is 22.5 Å². The van der Waals surface area contributed by atoms with Crippen LogP contribution >= 0.6 is 0 Å². The van der Waals surface area contributed by atoms with Crippen LogP contribution in [0.3, 0.4) is 0 Å². The van der Waals surface area contributed by atoms with Crippen LogP contribution in [0.1, 0.15) is 42.7 Å². The van der Waals surface area contributed by atoms with Crippen LogP contribution < -0.4 is 9.80 Å². The molecule has 1 aliphatic rings. The fourth-order valence-corrected chi connectivity index (χ4v) is 3.98. The first-order chi connectivity index (χ1) is 12.5. The summed E-state index contributed by atoms with van der Waals surface area (Å²) in [6.45, 7) is 0. The summed E-state index contributed by atoms with van der Waals surface area (Å²) in [5, 5.41) is 0. The van der Waals surface area contributed by atoms with Crippen molar-refractivity contribution in [1.29, 1.82) is 0 Å². The second-order valence-electron chi connectivity index (χ2n) is 7.77. The van der Waals surface area contributed by atoms with E-state index in [2.05, 4.69) is 86.5 Å². The Labute approximate surface area is 157 Å². The lowest BCUT2D eigenvalue weighted by atomic mass is 9.73. The number of nitrogens with zero attached hydrogens (tertiary/aromatic N) is 2. The van der Waals surface area contributed by atoms with Gasteiger partial charge in [-0.25, -0.2) is 0 Å². The van der Waals surface area contributed by atoms with Crippen LogP contribution in [0.5, 0.6) is 0 Å². The first kappa shape index (κ1) is 18.5. The molecule has 0 saturated heterocycles. The van der Waals surface area contributed by atoms with Crippen LogP contribution in [0, 0.1) is 5.92 Å². The van der Waals surface area contributed by atoms with E-state index in [-0.39, 0.29) is 11.8 Å². The van der Waals surface area contributed by atoms with E-state index < -0.39 is 0 Å². The molecule has 1 aliphatic carbocycles. The number of rotatable bonds is 5. The van der Waals surface area contributed by atoms with Gasteiger partial charge in [0.2, 0.25) is 0 Å². The van der Waals surface area contributed by atoms with E-state index in [1.54, 1.807) is 0 Å². The molecule has 0 unspecified atom stereocenters. The smallest absolute Gasteiger partial charge is 0.136 e. The Balaban J connectivity index is 1.99. The van der Waals surface area contributed by atoms with Crippen molar-refractivity contribution >= 4 is 17.2 Å². The van der Waals surface area contributed by atoms with Gasteiger partial charge < -0.3 is 9.80 Å². The van der Waals surface area contributed by atoms with Crippen molar-refractivity contribution in [3.63, 3.8) is 0 Å². The molecule has 1 saturated carbocycles. The Morgan fingerprint density at radius 3 is 1.62 bits per heavy atom. The van der Waals surface area contributed by atoms with Gasteiger partial charge in [-0.15, -0.1) is 0 Å². The maximum atomic E-state index is 12.7. The molecule has 2 aromatic rings. The minimum atomic E-state index is 0.0964. The van der Waals surface area contributed by atoms with Gasteiger partial charge in [-0.1, -0.05) is 30.7 Å². The molecular formula is C23H30N2O. The topological polar surface area (TPSA) is 23.6 Å². The fraction of sp³-hybridized carbons (Fsp3) is 0.435. The molecule has 0 N–H and O–H groups in total. The molecule has 2 aromatic carbocycles. The Kier molecular flexibility index (Phi) is 5.65. The van der Waals surface area contributed by atoms with Crippen LogP contribution in [0.4, 0.5) is 11.4 Å². The van der Waals surface area contributed by atoms with E-state index in [0.29, 0.717) is 5.78 Å². The fourth-order valence-electron chi connectivity index (χ4n) is 3.98. The Morgan fingerprint density at radius 1 is 0.769 bits per heavy atom. The summed E-state index contributed by atoms with van der Waals surface area (Å²) in [5.41, 5.74) is 4.86. The normalized spacial score (nSPS) is 17.4. The Hall–Kier alpha value is -2.29. The van der Waals surface area contributed by atoms with Crippen LogP contribution in [0.2, 0.25) is 0 Å². The standard InChI is InChI=1S/C23H30N2O/c1-24(2)19-13-9-17(10-14-19)23(21-7-5-6-8-22(21)26)18-11-15-20(16-12-18)25(3)4/h9-16,21,23H,5-8H2,1-4H3/t21-/m1/s1. The molecule has 1 atom stereocenters. The third-order valence-corrected chi connectivity index (χ3v) is 5.54. The highest BCUT2D eigenvalue weighted by molar-refractivity contribution is 5.83. The molecule has 26 heavy (non-hydrogen) atoms. The van der Waals surface area contributed by atoms with E-state index in [0.717, 1.165) is 25.7 Å². The molecule has 0 radical (unpaired) electrons. The van der Waals surface area contributed by atoms with Gasteiger partial charge in [0.1, 0.15) is 5.78 Å². The highest BCUT2D eigenvalue weighted by atomic mass is 16.1. The van der Waals surface area contributed by atoms with Crippen molar-refractivity contribution in [2.75, 3.05) is 38.0 Å². The monoisotopic (exact) mass is 350 g/mol. The zero-order valence-corrected chi connectivity index (χ0v) is 16.4. The molecule has 1 fully saturated rings. The summed E-state index contributed by atoms with van der Waals surface area (Å²) in [7, 11) is 8.21.